The molecule has 24 heavy (non-hydrogen) atoms. The number of carboxylic acids is 1. The van der Waals surface area contributed by atoms with Crippen molar-refractivity contribution >= 4 is 5.97 Å². The SMILES string of the molecule is CO[C@H](Cc1ccccc1)[C@H](C)/C=C(C)/C=C/[C@H](N)[C@H](C)C(=O)O. The molecule has 0 heterocycles. The second-order valence-electron chi connectivity index (χ2n) is 6.30. The molecule has 0 unspecified atom stereocenters. The van der Waals surface area contributed by atoms with E-state index in [1.54, 1.807) is 20.1 Å². The van der Waals surface area contributed by atoms with Crippen LogP contribution in [0.3, 0.4) is 0 Å². The molecule has 0 aromatic heterocycles. The average molecular weight is 331 g/mol. The Balaban J connectivity index is 2.69. The van der Waals surface area contributed by atoms with E-state index < -0.39 is 17.9 Å². The number of hydrogen-bond acceptors (Lipinski definition) is 3. The van der Waals surface area contributed by atoms with E-state index in [0.29, 0.717) is 0 Å². The largest absolute Gasteiger partial charge is 0.481 e. The van der Waals surface area contributed by atoms with Crippen molar-refractivity contribution in [2.24, 2.45) is 17.6 Å². The van der Waals surface area contributed by atoms with Gasteiger partial charge in [0.05, 0.1) is 12.0 Å². The lowest BCUT2D eigenvalue weighted by Gasteiger charge is -2.21. The molecule has 0 aliphatic rings. The maximum absolute atomic E-state index is 10.9. The maximum Gasteiger partial charge on any atom is 0.308 e. The van der Waals surface area contributed by atoms with Crippen molar-refractivity contribution in [1.29, 1.82) is 0 Å². The van der Waals surface area contributed by atoms with Crippen molar-refractivity contribution in [3.05, 3.63) is 59.7 Å². The van der Waals surface area contributed by atoms with Crippen LogP contribution in [0.15, 0.2) is 54.1 Å². The fourth-order valence-electron chi connectivity index (χ4n) is 2.50. The Hall–Kier alpha value is -1.91. The molecule has 0 saturated carbocycles. The summed E-state index contributed by atoms with van der Waals surface area (Å²) in [7, 11) is 1.73. The summed E-state index contributed by atoms with van der Waals surface area (Å²) in [5.41, 5.74) is 8.16. The third-order valence-electron chi connectivity index (χ3n) is 4.24. The number of carbonyl (C=O) groups is 1. The normalized spacial score (nSPS) is 17.5. The van der Waals surface area contributed by atoms with Gasteiger partial charge in [-0.05, 0) is 18.9 Å². The van der Waals surface area contributed by atoms with Gasteiger partial charge in [0.2, 0.25) is 0 Å². The Morgan fingerprint density at radius 1 is 1.29 bits per heavy atom. The van der Waals surface area contributed by atoms with Crippen molar-refractivity contribution in [2.45, 2.75) is 39.3 Å². The Bertz CT molecular complexity index is 566. The van der Waals surface area contributed by atoms with Crippen LogP contribution in [-0.4, -0.2) is 30.3 Å². The van der Waals surface area contributed by atoms with Gasteiger partial charge in [-0.2, -0.15) is 0 Å². The number of benzene rings is 1. The van der Waals surface area contributed by atoms with E-state index in [0.717, 1.165) is 12.0 Å². The molecule has 4 nitrogen and oxygen atoms in total. The van der Waals surface area contributed by atoms with Crippen LogP contribution in [0.25, 0.3) is 0 Å². The summed E-state index contributed by atoms with van der Waals surface area (Å²) in [6.07, 6.45) is 6.70. The van der Waals surface area contributed by atoms with Crippen LogP contribution in [0.2, 0.25) is 0 Å². The number of ether oxygens (including phenoxy) is 1. The highest BCUT2D eigenvalue weighted by molar-refractivity contribution is 5.70. The quantitative estimate of drug-likeness (QED) is 0.680. The lowest BCUT2D eigenvalue weighted by Crippen LogP contribution is -2.31. The van der Waals surface area contributed by atoms with E-state index in [4.69, 9.17) is 15.6 Å². The van der Waals surface area contributed by atoms with Crippen LogP contribution in [0.1, 0.15) is 26.3 Å². The van der Waals surface area contributed by atoms with E-state index in [2.05, 4.69) is 25.1 Å². The van der Waals surface area contributed by atoms with Gasteiger partial charge in [0.15, 0.2) is 0 Å². The summed E-state index contributed by atoms with van der Waals surface area (Å²) in [6, 6.07) is 9.76. The summed E-state index contributed by atoms with van der Waals surface area (Å²) < 4.78 is 5.64. The summed E-state index contributed by atoms with van der Waals surface area (Å²) in [4.78, 5) is 10.9. The Morgan fingerprint density at radius 2 is 1.92 bits per heavy atom. The van der Waals surface area contributed by atoms with Crippen LogP contribution in [0.4, 0.5) is 0 Å². The highest BCUT2D eigenvalue weighted by Gasteiger charge is 2.17. The molecule has 0 spiro atoms. The topological polar surface area (TPSA) is 72.5 Å². The predicted octanol–water partition coefficient (Wildman–Crippen LogP) is 3.43. The first-order chi connectivity index (χ1) is 11.3. The zero-order valence-corrected chi connectivity index (χ0v) is 15.0. The van der Waals surface area contributed by atoms with E-state index in [9.17, 15) is 4.79 Å². The number of nitrogens with two attached hydrogens (primary N) is 1. The molecule has 0 saturated heterocycles. The molecule has 132 valence electrons. The van der Waals surface area contributed by atoms with Crippen LogP contribution in [0, 0.1) is 11.8 Å². The van der Waals surface area contributed by atoms with Crippen molar-refractivity contribution < 1.29 is 14.6 Å². The van der Waals surface area contributed by atoms with E-state index in [1.165, 1.54) is 5.56 Å². The van der Waals surface area contributed by atoms with Crippen molar-refractivity contribution in [3.63, 3.8) is 0 Å². The average Bonchev–Trinajstić information content (AvgIpc) is 2.57. The van der Waals surface area contributed by atoms with E-state index in [-0.39, 0.29) is 12.0 Å². The summed E-state index contributed by atoms with van der Waals surface area (Å²) in [5, 5.41) is 8.96. The molecule has 3 N–H and O–H groups in total. The third kappa shape index (κ3) is 6.69. The molecule has 1 aromatic carbocycles. The fraction of sp³-hybridized carbons (Fsp3) is 0.450. The van der Waals surface area contributed by atoms with E-state index in [1.807, 2.05) is 31.2 Å². The molecule has 1 aromatic rings. The molecule has 0 radical (unpaired) electrons. The second kappa shape index (κ2) is 10.1. The predicted molar refractivity (Wildman–Crippen MR) is 97.8 cm³/mol. The lowest BCUT2D eigenvalue weighted by molar-refractivity contribution is -0.141. The smallest absolute Gasteiger partial charge is 0.308 e. The standard InChI is InChI=1S/C20H29NO3/c1-14(10-11-18(21)16(3)20(22)23)12-15(2)19(24-4)13-17-8-6-5-7-9-17/h5-12,15-16,18-19H,13,21H2,1-4H3,(H,22,23)/b11-10+,14-12+/t15-,16+,18+,19-/m1/s1. The minimum absolute atomic E-state index is 0.0855. The summed E-state index contributed by atoms with van der Waals surface area (Å²) >= 11 is 0. The molecule has 4 heteroatoms. The molecule has 0 aliphatic heterocycles. The minimum atomic E-state index is -0.885. The minimum Gasteiger partial charge on any atom is -0.481 e. The molecule has 1 rings (SSSR count). The number of aliphatic carboxylic acids is 1. The van der Waals surface area contributed by atoms with Gasteiger partial charge < -0.3 is 15.6 Å². The Kier molecular flexibility index (Phi) is 8.44. The number of carboxylic acid groups (broad SMARTS) is 1. The lowest BCUT2D eigenvalue weighted by atomic mass is 9.95. The Morgan fingerprint density at radius 3 is 2.46 bits per heavy atom. The van der Waals surface area contributed by atoms with Gasteiger partial charge in [0.25, 0.3) is 0 Å². The van der Waals surface area contributed by atoms with Crippen molar-refractivity contribution in [1.82, 2.24) is 0 Å². The second-order valence-corrected chi connectivity index (χ2v) is 6.30. The molecular formula is C20H29NO3. The van der Waals surface area contributed by atoms with Crippen LogP contribution in [0.5, 0.6) is 0 Å². The zero-order valence-electron chi connectivity index (χ0n) is 15.0. The molecular weight excluding hydrogens is 302 g/mol. The number of hydrogen-bond donors (Lipinski definition) is 2. The highest BCUT2D eigenvalue weighted by atomic mass is 16.5. The number of methoxy groups -OCH3 is 1. The van der Waals surface area contributed by atoms with Gasteiger partial charge in [-0.3, -0.25) is 4.79 Å². The first kappa shape index (κ1) is 20.1. The highest BCUT2D eigenvalue weighted by Crippen LogP contribution is 2.17. The van der Waals surface area contributed by atoms with Gasteiger partial charge in [-0.1, -0.05) is 68.0 Å². The molecule has 0 fully saturated rings. The van der Waals surface area contributed by atoms with Gasteiger partial charge in [0, 0.05) is 19.1 Å². The molecule has 0 bridgehead atoms. The van der Waals surface area contributed by atoms with Crippen LogP contribution < -0.4 is 5.73 Å². The van der Waals surface area contributed by atoms with Crippen molar-refractivity contribution in [3.8, 4) is 0 Å². The summed E-state index contributed by atoms with van der Waals surface area (Å²) in [5.74, 6) is -1.26. The summed E-state index contributed by atoms with van der Waals surface area (Å²) in [6.45, 7) is 5.72. The van der Waals surface area contributed by atoms with Gasteiger partial charge in [-0.15, -0.1) is 0 Å². The molecule has 0 aliphatic carbocycles. The number of allylic oxidation sites excluding steroid dienone is 2. The van der Waals surface area contributed by atoms with Crippen molar-refractivity contribution in [2.75, 3.05) is 7.11 Å². The van der Waals surface area contributed by atoms with Crippen LogP contribution in [-0.2, 0) is 16.0 Å². The van der Waals surface area contributed by atoms with Crippen LogP contribution >= 0.6 is 0 Å². The first-order valence-corrected chi connectivity index (χ1v) is 8.26. The third-order valence-corrected chi connectivity index (χ3v) is 4.24. The zero-order chi connectivity index (χ0) is 18.1. The van der Waals surface area contributed by atoms with Gasteiger partial charge in [0.1, 0.15) is 0 Å². The first-order valence-electron chi connectivity index (χ1n) is 8.26. The fourth-order valence-corrected chi connectivity index (χ4v) is 2.50. The maximum atomic E-state index is 10.9. The molecule has 0 amide bonds. The van der Waals surface area contributed by atoms with Gasteiger partial charge >= 0.3 is 5.97 Å². The molecule has 4 atom stereocenters. The van der Waals surface area contributed by atoms with E-state index >= 15 is 0 Å². The monoisotopic (exact) mass is 331 g/mol. The number of rotatable bonds is 9. The Labute approximate surface area is 145 Å². The van der Waals surface area contributed by atoms with Gasteiger partial charge in [-0.25, -0.2) is 0 Å².